The molecule has 1 aromatic carbocycles. The van der Waals surface area contributed by atoms with Crippen molar-refractivity contribution in [3.8, 4) is 11.6 Å². The van der Waals surface area contributed by atoms with Gasteiger partial charge in [0, 0.05) is 18.0 Å². The number of hydrogen-bond donors (Lipinski definition) is 1. The van der Waals surface area contributed by atoms with Crippen molar-refractivity contribution in [1.29, 1.82) is 0 Å². The van der Waals surface area contributed by atoms with Crippen LogP contribution in [0.15, 0.2) is 30.2 Å². The molecular weight excluding hydrogens is 381 g/mol. The lowest BCUT2D eigenvalue weighted by atomic mass is 9.59. The monoisotopic (exact) mass is 407 g/mol. The molecule has 2 unspecified atom stereocenters. The Morgan fingerprint density at radius 1 is 1.00 bits per heavy atom. The number of rotatable bonds is 3. The zero-order valence-corrected chi connectivity index (χ0v) is 17.5. The molecule has 30 heavy (non-hydrogen) atoms. The number of benzene rings is 1. The van der Waals surface area contributed by atoms with Crippen LogP contribution in [-0.4, -0.2) is 15.9 Å². The number of aryl methyl sites for hydroxylation is 3. The van der Waals surface area contributed by atoms with Crippen LogP contribution in [0.2, 0.25) is 0 Å². The third kappa shape index (κ3) is 2.86. The van der Waals surface area contributed by atoms with E-state index in [9.17, 15) is 14.3 Å². The summed E-state index contributed by atoms with van der Waals surface area (Å²) in [5.74, 6) is 0.990. The summed E-state index contributed by atoms with van der Waals surface area (Å²) >= 11 is 0. The Bertz CT molecular complexity index is 1060. The fourth-order valence-electron chi connectivity index (χ4n) is 6.02. The largest absolute Gasteiger partial charge is 0.511 e. The molecule has 0 radical (unpaired) electrons. The van der Waals surface area contributed by atoms with E-state index in [0.29, 0.717) is 23.2 Å². The van der Waals surface area contributed by atoms with E-state index in [4.69, 9.17) is 4.74 Å². The van der Waals surface area contributed by atoms with Crippen LogP contribution in [0.25, 0.3) is 5.57 Å². The molecule has 2 aromatic rings. The molecule has 3 saturated carbocycles. The molecule has 6 rings (SSSR count). The van der Waals surface area contributed by atoms with Crippen molar-refractivity contribution in [2.45, 2.75) is 46.5 Å². The number of pyridine rings is 1. The Kier molecular flexibility index (Phi) is 4.46. The first-order valence-corrected chi connectivity index (χ1v) is 10.7. The molecule has 2 bridgehead atoms. The van der Waals surface area contributed by atoms with Crippen LogP contribution in [0.3, 0.4) is 0 Å². The highest BCUT2D eigenvalue weighted by molar-refractivity contribution is 6.25. The number of halogens is 1. The number of ketones is 1. The second-order valence-electron chi connectivity index (χ2n) is 9.18. The van der Waals surface area contributed by atoms with E-state index in [2.05, 4.69) is 4.98 Å². The van der Waals surface area contributed by atoms with Gasteiger partial charge < -0.3 is 9.84 Å². The van der Waals surface area contributed by atoms with Crippen LogP contribution in [0.1, 0.15) is 47.9 Å². The normalized spacial score (nSPS) is 27.5. The highest BCUT2D eigenvalue weighted by Crippen LogP contribution is 2.57. The molecule has 4 nitrogen and oxygen atoms in total. The molecule has 2 atom stereocenters. The van der Waals surface area contributed by atoms with Gasteiger partial charge in [0.15, 0.2) is 11.6 Å². The number of fused-ring (bicyclic) bond motifs is 2. The number of Topliss-reactive ketones (excluding diaryl/α,β-unsaturated/α-hetero) is 1. The molecule has 0 saturated heterocycles. The van der Waals surface area contributed by atoms with Crippen LogP contribution >= 0.6 is 0 Å². The van der Waals surface area contributed by atoms with Crippen LogP contribution in [-0.2, 0) is 4.79 Å². The van der Waals surface area contributed by atoms with E-state index in [0.717, 1.165) is 47.9 Å². The number of carbonyl (C=O) groups is 1. The molecule has 1 N–H and O–H groups in total. The molecule has 156 valence electrons. The number of carbonyl (C=O) groups excluding carboxylic acids is 1. The predicted octanol–water partition coefficient (Wildman–Crippen LogP) is 5.84. The van der Waals surface area contributed by atoms with E-state index in [1.807, 2.05) is 13.8 Å². The quantitative estimate of drug-likeness (QED) is 0.694. The number of aromatic nitrogens is 1. The van der Waals surface area contributed by atoms with Crippen molar-refractivity contribution in [3.05, 3.63) is 58.2 Å². The first-order chi connectivity index (χ1) is 14.3. The van der Waals surface area contributed by atoms with Gasteiger partial charge in [-0.3, -0.25) is 4.79 Å². The van der Waals surface area contributed by atoms with Crippen LogP contribution in [0.4, 0.5) is 4.39 Å². The first-order valence-electron chi connectivity index (χ1n) is 10.7. The Morgan fingerprint density at radius 2 is 1.60 bits per heavy atom. The van der Waals surface area contributed by atoms with Gasteiger partial charge >= 0.3 is 0 Å². The third-order valence-corrected chi connectivity index (χ3v) is 7.26. The minimum Gasteiger partial charge on any atom is -0.511 e. The first kappa shape index (κ1) is 19.3. The molecule has 5 heteroatoms. The summed E-state index contributed by atoms with van der Waals surface area (Å²) in [5, 5.41) is 11.1. The second kappa shape index (κ2) is 6.93. The zero-order chi connectivity index (χ0) is 21.2. The fourth-order valence-corrected chi connectivity index (χ4v) is 6.02. The molecule has 0 amide bonds. The Labute approximate surface area is 175 Å². The highest BCUT2D eigenvalue weighted by Gasteiger charge is 2.54. The minimum absolute atomic E-state index is 0.0134. The Morgan fingerprint density at radius 3 is 2.17 bits per heavy atom. The van der Waals surface area contributed by atoms with E-state index < -0.39 is 5.82 Å². The van der Waals surface area contributed by atoms with Gasteiger partial charge in [-0.1, -0.05) is 0 Å². The maximum Gasteiger partial charge on any atom is 0.255 e. The smallest absolute Gasteiger partial charge is 0.255 e. The standard InChI is InChI=1S/C25H26FNO3/c1-12-8-18(26)25(27-11-12)30-17-9-13(2)19(14(3)10-17)22-23(28)20-15-4-5-16(7-6-15)21(20)24(22)29/h8-11,15-16,20-21,28H,4-7H2,1-3H3. The van der Waals surface area contributed by atoms with E-state index >= 15 is 0 Å². The molecule has 0 aliphatic heterocycles. The third-order valence-electron chi connectivity index (χ3n) is 7.26. The number of allylic oxidation sites excluding steroid dienone is 2. The number of nitrogens with zero attached hydrogens (tertiary/aromatic N) is 1. The summed E-state index contributed by atoms with van der Waals surface area (Å²) in [6, 6.07) is 4.95. The summed E-state index contributed by atoms with van der Waals surface area (Å²) in [7, 11) is 0. The fraction of sp³-hybridized carbons (Fsp3) is 0.440. The maximum atomic E-state index is 14.1. The summed E-state index contributed by atoms with van der Waals surface area (Å²) in [5.41, 5.74) is 3.66. The average Bonchev–Trinajstić information content (AvgIpc) is 2.98. The van der Waals surface area contributed by atoms with E-state index in [1.165, 1.54) is 6.07 Å². The summed E-state index contributed by atoms with van der Waals surface area (Å²) in [4.78, 5) is 17.4. The number of aliphatic hydroxyl groups is 1. The molecular formula is C25H26FNO3. The average molecular weight is 407 g/mol. The second-order valence-corrected chi connectivity index (χ2v) is 9.18. The maximum absolute atomic E-state index is 14.1. The van der Waals surface area contributed by atoms with Gasteiger partial charge in [0.05, 0.1) is 5.57 Å². The van der Waals surface area contributed by atoms with Crippen molar-refractivity contribution in [2.75, 3.05) is 0 Å². The number of ether oxygens (including phenoxy) is 1. The Hall–Kier alpha value is -2.69. The molecule has 1 heterocycles. The lowest BCUT2D eigenvalue weighted by Crippen LogP contribution is -2.41. The van der Waals surface area contributed by atoms with Gasteiger partial charge in [-0.2, -0.15) is 0 Å². The number of aliphatic hydroxyl groups excluding tert-OH is 1. The summed E-state index contributed by atoms with van der Waals surface area (Å²) in [6.45, 7) is 5.57. The Balaban J connectivity index is 1.52. The zero-order valence-electron chi connectivity index (χ0n) is 17.5. The van der Waals surface area contributed by atoms with Crippen LogP contribution < -0.4 is 4.74 Å². The lowest BCUT2D eigenvalue weighted by Gasteiger charge is -2.44. The van der Waals surface area contributed by atoms with E-state index in [-0.39, 0.29) is 29.3 Å². The summed E-state index contributed by atoms with van der Waals surface area (Å²) < 4.78 is 19.8. The van der Waals surface area contributed by atoms with Gasteiger partial charge in [0.1, 0.15) is 11.5 Å². The van der Waals surface area contributed by atoms with Crippen molar-refractivity contribution < 1.29 is 19.0 Å². The highest BCUT2D eigenvalue weighted by atomic mass is 19.1. The molecule has 4 aliphatic carbocycles. The SMILES string of the molecule is Cc1cnc(Oc2cc(C)c(C3=C(O)C4C5CCC(CC5)C4C3=O)c(C)c2)c(F)c1. The van der Waals surface area contributed by atoms with E-state index in [1.54, 1.807) is 25.3 Å². The van der Waals surface area contributed by atoms with Crippen LogP contribution in [0, 0.1) is 50.3 Å². The van der Waals surface area contributed by atoms with Crippen LogP contribution in [0.5, 0.6) is 11.6 Å². The number of hydrogen-bond acceptors (Lipinski definition) is 4. The molecule has 0 spiro atoms. The van der Waals surface area contributed by atoms with Crippen molar-refractivity contribution in [2.24, 2.45) is 23.7 Å². The molecule has 1 aromatic heterocycles. The van der Waals surface area contributed by atoms with Gasteiger partial charge in [0.25, 0.3) is 5.88 Å². The van der Waals surface area contributed by atoms with Crippen molar-refractivity contribution >= 4 is 11.4 Å². The summed E-state index contributed by atoms with van der Waals surface area (Å²) in [6.07, 6.45) is 5.96. The topological polar surface area (TPSA) is 59.4 Å². The van der Waals surface area contributed by atoms with Gasteiger partial charge in [-0.05, 0) is 98.7 Å². The van der Waals surface area contributed by atoms with Crippen molar-refractivity contribution in [1.82, 2.24) is 4.98 Å². The van der Waals surface area contributed by atoms with Crippen molar-refractivity contribution in [3.63, 3.8) is 0 Å². The van der Waals surface area contributed by atoms with Gasteiger partial charge in [-0.25, -0.2) is 9.37 Å². The van der Waals surface area contributed by atoms with Gasteiger partial charge in [0.2, 0.25) is 0 Å². The molecule has 3 fully saturated rings. The lowest BCUT2D eigenvalue weighted by molar-refractivity contribution is -0.123. The van der Waals surface area contributed by atoms with Gasteiger partial charge in [-0.15, -0.1) is 0 Å². The minimum atomic E-state index is -0.514. The predicted molar refractivity (Wildman–Crippen MR) is 112 cm³/mol. The molecule has 4 aliphatic rings.